The fraction of sp³-hybridized carbons (Fsp3) is 1.00. The first kappa shape index (κ1) is 8.92. The maximum Gasteiger partial charge on any atom is 0.0156 e. The summed E-state index contributed by atoms with van der Waals surface area (Å²) in [5.41, 5.74) is 6.27. The molecule has 56 valence electrons. The Morgan fingerprint density at radius 3 is 2.44 bits per heavy atom. The Hall–Kier alpha value is -0.0800. The van der Waals surface area contributed by atoms with Gasteiger partial charge in [-0.15, -0.1) is 0 Å². The van der Waals surface area contributed by atoms with Gasteiger partial charge in [0.05, 0.1) is 0 Å². The summed E-state index contributed by atoms with van der Waals surface area (Å²) < 4.78 is 0. The van der Waals surface area contributed by atoms with Gasteiger partial charge in [0.25, 0.3) is 0 Å². The molecule has 0 aliphatic carbocycles. The highest BCUT2D eigenvalue weighted by Crippen LogP contribution is 1.80. The predicted molar refractivity (Wildman–Crippen MR) is 41.2 cm³/mol. The third-order valence-electron chi connectivity index (χ3n) is 1.05. The van der Waals surface area contributed by atoms with E-state index >= 15 is 0 Å². The summed E-state index contributed by atoms with van der Waals surface area (Å²) in [5.74, 6) is 0. The molecule has 0 fully saturated rings. The number of nitrogens with one attached hydrogen (secondary N) is 2. The van der Waals surface area contributed by atoms with Crippen LogP contribution < -0.4 is 10.9 Å². The lowest BCUT2D eigenvalue weighted by molar-refractivity contribution is 0.465. The summed E-state index contributed by atoms with van der Waals surface area (Å²) in [6.07, 6.45) is 2.51. The number of hydrogen-bond donors (Lipinski definition) is 2. The van der Waals surface area contributed by atoms with Gasteiger partial charge in [-0.1, -0.05) is 13.3 Å². The number of unbranched alkanes of at least 4 members (excludes halogenated alkanes) is 1. The second-order valence-electron chi connectivity index (χ2n) is 2.58. The molecule has 0 atom stereocenters. The fourth-order valence-corrected chi connectivity index (χ4v) is 0.541. The van der Waals surface area contributed by atoms with Gasteiger partial charge in [-0.05, 0) is 20.3 Å². The molecule has 0 saturated heterocycles. The van der Waals surface area contributed by atoms with Crippen molar-refractivity contribution in [3.05, 3.63) is 0 Å². The lowest BCUT2D eigenvalue weighted by Gasteiger charge is -2.08. The highest BCUT2D eigenvalue weighted by Gasteiger charge is 1.87. The van der Waals surface area contributed by atoms with Crippen molar-refractivity contribution in [2.75, 3.05) is 6.54 Å². The molecule has 0 aliphatic heterocycles. The summed E-state index contributed by atoms with van der Waals surface area (Å²) >= 11 is 0. The summed E-state index contributed by atoms with van der Waals surface area (Å²) in [6.45, 7) is 7.52. The smallest absolute Gasteiger partial charge is 0.0156 e. The molecule has 0 heterocycles. The maximum atomic E-state index is 3.14. The van der Waals surface area contributed by atoms with Gasteiger partial charge in [0.1, 0.15) is 0 Å². The number of hydrazine groups is 1. The third-order valence-corrected chi connectivity index (χ3v) is 1.05. The summed E-state index contributed by atoms with van der Waals surface area (Å²) in [7, 11) is 0. The average molecular weight is 130 g/mol. The third kappa shape index (κ3) is 7.92. The van der Waals surface area contributed by atoms with Crippen molar-refractivity contribution in [2.45, 2.75) is 39.7 Å². The molecule has 0 rings (SSSR count). The van der Waals surface area contributed by atoms with E-state index in [0.717, 1.165) is 6.54 Å². The SMILES string of the molecule is CCCCNNC(C)C. The van der Waals surface area contributed by atoms with Crippen molar-refractivity contribution in [1.82, 2.24) is 10.9 Å². The van der Waals surface area contributed by atoms with Crippen molar-refractivity contribution in [3.63, 3.8) is 0 Å². The minimum atomic E-state index is 0.543. The van der Waals surface area contributed by atoms with E-state index < -0.39 is 0 Å². The lowest BCUT2D eigenvalue weighted by Crippen LogP contribution is -2.37. The van der Waals surface area contributed by atoms with Crippen molar-refractivity contribution < 1.29 is 0 Å². The largest absolute Gasteiger partial charge is 0.258 e. The zero-order valence-corrected chi connectivity index (χ0v) is 6.70. The van der Waals surface area contributed by atoms with Gasteiger partial charge in [0.15, 0.2) is 0 Å². The van der Waals surface area contributed by atoms with Crippen LogP contribution in [0.3, 0.4) is 0 Å². The molecular weight excluding hydrogens is 112 g/mol. The zero-order valence-electron chi connectivity index (χ0n) is 6.70. The van der Waals surface area contributed by atoms with E-state index in [1.807, 2.05) is 0 Å². The molecule has 0 aliphatic rings. The highest BCUT2D eigenvalue weighted by atomic mass is 15.4. The monoisotopic (exact) mass is 130 g/mol. The average Bonchev–Trinajstić information content (AvgIpc) is 1.80. The van der Waals surface area contributed by atoms with Crippen LogP contribution in [0.5, 0.6) is 0 Å². The van der Waals surface area contributed by atoms with Crippen LogP contribution in [-0.4, -0.2) is 12.6 Å². The number of hydrogen-bond acceptors (Lipinski definition) is 2. The van der Waals surface area contributed by atoms with Crippen molar-refractivity contribution in [3.8, 4) is 0 Å². The van der Waals surface area contributed by atoms with Gasteiger partial charge in [-0.2, -0.15) is 0 Å². The minimum absolute atomic E-state index is 0.543. The van der Waals surface area contributed by atoms with Gasteiger partial charge < -0.3 is 0 Å². The van der Waals surface area contributed by atoms with E-state index in [1.165, 1.54) is 12.8 Å². The van der Waals surface area contributed by atoms with E-state index in [0.29, 0.717) is 6.04 Å². The van der Waals surface area contributed by atoms with E-state index in [9.17, 15) is 0 Å². The highest BCUT2D eigenvalue weighted by molar-refractivity contribution is 4.46. The Morgan fingerprint density at radius 1 is 1.33 bits per heavy atom. The standard InChI is InChI=1S/C7H18N2/c1-4-5-6-8-9-7(2)3/h7-9H,4-6H2,1-3H3. The number of rotatable bonds is 5. The summed E-state index contributed by atoms with van der Waals surface area (Å²) in [5, 5.41) is 0. The maximum absolute atomic E-state index is 3.14. The van der Waals surface area contributed by atoms with Crippen LogP contribution in [0, 0.1) is 0 Å². The van der Waals surface area contributed by atoms with Gasteiger partial charge in [0, 0.05) is 12.6 Å². The quantitative estimate of drug-likeness (QED) is 0.433. The van der Waals surface area contributed by atoms with Crippen LogP contribution in [-0.2, 0) is 0 Å². The molecule has 0 amide bonds. The molecule has 0 saturated carbocycles. The Kier molecular flexibility index (Phi) is 5.99. The first-order valence-electron chi connectivity index (χ1n) is 3.75. The van der Waals surface area contributed by atoms with E-state index in [1.54, 1.807) is 0 Å². The van der Waals surface area contributed by atoms with Crippen molar-refractivity contribution >= 4 is 0 Å². The lowest BCUT2D eigenvalue weighted by atomic mass is 10.3. The molecule has 2 heteroatoms. The van der Waals surface area contributed by atoms with E-state index in [4.69, 9.17) is 0 Å². The topological polar surface area (TPSA) is 24.1 Å². The molecule has 0 bridgehead atoms. The van der Waals surface area contributed by atoms with Crippen LogP contribution >= 0.6 is 0 Å². The van der Waals surface area contributed by atoms with Crippen LogP contribution in [0.4, 0.5) is 0 Å². The van der Waals surface area contributed by atoms with E-state index in [2.05, 4.69) is 31.6 Å². The van der Waals surface area contributed by atoms with Gasteiger partial charge in [-0.25, -0.2) is 0 Å². The first-order chi connectivity index (χ1) is 4.27. The Labute approximate surface area is 58.0 Å². The second-order valence-corrected chi connectivity index (χ2v) is 2.58. The molecule has 0 radical (unpaired) electrons. The predicted octanol–water partition coefficient (Wildman–Crippen LogP) is 1.29. The van der Waals surface area contributed by atoms with Crippen LogP contribution in [0.1, 0.15) is 33.6 Å². The van der Waals surface area contributed by atoms with Gasteiger partial charge >= 0.3 is 0 Å². The van der Waals surface area contributed by atoms with E-state index in [-0.39, 0.29) is 0 Å². The van der Waals surface area contributed by atoms with Gasteiger partial charge in [0.2, 0.25) is 0 Å². The van der Waals surface area contributed by atoms with Crippen LogP contribution in [0.25, 0.3) is 0 Å². The molecule has 0 spiro atoms. The Morgan fingerprint density at radius 2 is 2.00 bits per heavy atom. The molecule has 0 aromatic heterocycles. The molecule has 0 aromatic rings. The normalized spacial score (nSPS) is 10.7. The summed E-state index contributed by atoms with van der Waals surface area (Å²) in [4.78, 5) is 0. The Bertz CT molecular complexity index is 52.9. The molecule has 2 nitrogen and oxygen atoms in total. The fourth-order valence-electron chi connectivity index (χ4n) is 0.541. The molecular formula is C7H18N2. The van der Waals surface area contributed by atoms with Crippen molar-refractivity contribution in [1.29, 1.82) is 0 Å². The molecule has 2 N–H and O–H groups in total. The minimum Gasteiger partial charge on any atom is -0.258 e. The van der Waals surface area contributed by atoms with Crippen molar-refractivity contribution in [2.24, 2.45) is 0 Å². The first-order valence-corrected chi connectivity index (χ1v) is 3.75. The van der Waals surface area contributed by atoms with Crippen LogP contribution in [0.2, 0.25) is 0 Å². The molecule has 0 unspecified atom stereocenters. The molecule has 9 heavy (non-hydrogen) atoms. The second kappa shape index (κ2) is 6.05. The Balaban J connectivity index is 2.75. The van der Waals surface area contributed by atoms with Gasteiger partial charge in [-0.3, -0.25) is 10.9 Å². The zero-order chi connectivity index (χ0) is 7.11. The molecule has 0 aromatic carbocycles. The van der Waals surface area contributed by atoms with Crippen LogP contribution in [0.15, 0.2) is 0 Å². The summed E-state index contributed by atoms with van der Waals surface area (Å²) in [6, 6.07) is 0.543.